The third-order valence-electron chi connectivity index (χ3n) is 6.90. The van der Waals surface area contributed by atoms with Gasteiger partial charge in [0.2, 0.25) is 15.9 Å². The summed E-state index contributed by atoms with van der Waals surface area (Å²) in [5, 5.41) is 7.16. The zero-order valence-corrected chi connectivity index (χ0v) is 19.1. The smallest absolute Gasteiger partial charge is 0.227 e. The number of anilines is 1. The summed E-state index contributed by atoms with van der Waals surface area (Å²) in [4.78, 5) is 16.4. The molecule has 2 aromatic rings. The molecule has 4 heterocycles. The molecule has 31 heavy (non-hydrogen) atoms. The number of nitrogens with zero attached hydrogens (tertiary/aromatic N) is 4. The highest BCUT2D eigenvalue weighted by atomic mass is 32.2. The lowest BCUT2D eigenvalue weighted by Crippen LogP contribution is -2.72. The molecule has 0 saturated carbocycles. The van der Waals surface area contributed by atoms with Gasteiger partial charge in [-0.15, -0.1) is 0 Å². The van der Waals surface area contributed by atoms with Gasteiger partial charge in [-0.2, -0.15) is 5.10 Å². The molecule has 2 saturated heterocycles. The fourth-order valence-electron chi connectivity index (χ4n) is 5.22. The number of aromatic amines is 1. The van der Waals surface area contributed by atoms with Gasteiger partial charge in [-0.3, -0.25) is 14.8 Å². The number of carbonyl (C=O) groups excluding carboxylic acids is 1. The second-order valence-electron chi connectivity index (χ2n) is 9.53. The fourth-order valence-corrected chi connectivity index (χ4v) is 6.72. The lowest BCUT2D eigenvalue weighted by Gasteiger charge is -2.59. The molecule has 2 fully saturated rings. The van der Waals surface area contributed by atoms with E-state index in [1.807, 2.05) is 25.4 Å². The van der Waals surface area contributed by atoms with E-state index in [0.29, 0.717) is 19.5 Å². The van der Waals surface area contributed by atoms with E-state index in [9.17, 15) is 13.2 Å². The minimum Gasteiger partial charge on any atom is -0.315 e. The first-order valence-corrected chi connectivity index (χ1v) is 12.3. The number of aromatic nitrogens is 2. The number of hydrogen-bond acceptors (Lipinski definition) is 5. The minimum absolute atomic E-state index is 0.102. The number of sulfonamides is 1. The third-order valence-corrected chi connectivity index (χ3v) is 9.07. The van der Waals surface area contributed by atoms with Crippen molar-refractivity contribution in [3.05, 3.63) is 35.5 Å². The van der Waals surface area contributed by atoms with E-state index in [4.69, 9.17) is 0 Å². The van der Waals surface area contributed by atoms with Gasteiger partial charge >= 0.3 is 0 Å². The topological polar surface area (TPSA) is 89.6 Å². The zero-order valence-electron chi connectivity index (χ0n) is 18.3. The van der Waals surface area contributed by atoms with Crippen LogP contribution in [0.5, 0.6) is 0 Å². The minimum atomic E-state index is -3.15. The predicted molar refractivity (Wildman–Crippen MR) is 119 cm³/mol. The Bertz CT molecular complexity index is 1130. The van der Waals surface area contributed by atoms with Crippen molar-refractivity contribution >= 4 is 21.6 Å². The Morgan fingerprint density at radius 1 is 1.16 bits per heavy atom. The van der Waals surface area contributed by atoms with Crippen LogP contribution in [0.3, 0.4) is 0 Å². The van der Waals surface area contributed by atoms with Crippen LogP contribution in [0.15, 0.2) is 24.4 Å². The molecule has 1 N–H and O–H groups in total. The highest BCUT2D eigenvalue weighted by Gasteiger charge is 2.55. The summed E-state index contributed by atoms with van der Waals surface area (Å²) in [5.41, 5.74) is 5.21. The number of amides is 1. The van der Waals surface area contributed by atoms with Crippen LogP contribution < -0.4 is 4.90 Å². The molecule has 5 rings (SSSR count). The van der Waals surface area contributed by atoms with Crippen molar-refractivity contribution in [3.8, 4) is 11.3 Å². The van der Waals surface area contributed by atoms with E-state index >= 15 is 0 Å². The Kier molecular flexibility index (Phi) is 4.76. The van der Waals surface area contributed by atoms with Crippen molar-refractivity contribution in [3.63, 3.8) is 0 Å². The van der Waals surface area contributed by atoms with Crippen molar-refractivity contribution in [2.75, 3.05) is 38.1 Å². The van der Waals surface area contributed by atoms with Crippen LogP contribution >= 0.6 is 0 Å². The normalized spacial score (nSPS) is 21.3. The van der Waals surface area contributed by atoms with Gasteiger partial charge in [0.15, 0.2) is 0 Å². The number of rotatable bonds is 5. The van der Waals surface area contributed by atoms with Crippen LogP contribution in [-0.4, -0.2) is 72.2 Å². The second kappa shape index (κ2) is 7.15. The number of para-hydroxylation sites is 1. The van der Waals surface area contributed by atoms with E-state index < -0.39 is 10.0 Å². The van der Waals surface area contributed by atoms with E-state index in [2.05, 4.69) is 21.2 Å². The summed E-state index contributed by atoms with van der Waals surface area (Å²) in [5.74, 6) is 0.132. The van der Waals surface area contributed by atoms with Crippen LogP contribution in [0, 0.1) is 5.41 Å². The van der Waals surface area contributed by atoms with Crippen LogP contribution in [0.25, 0.3) is 11.3 Å². The van der Waals surface area contributed by atoms with Gasteiger partial charge in [0, 0.05) is 68.9 Å². The Balaban J connectivity index is 1.30. The Morgan fingerprint density at radius 3 is 2.61 bits per heavy atom. The Labute approximate surface area is 183 Å². The highest BCUT2D eigenvalue weighted by Crippen LogP contribution is 2.43. The van der Waals surface area contributed by atoms with Gasteiger partial charge in [-0.05, 0) is 25.8 Å². The largest absolute Gasteiger partial charge is 0.315 e. The molecule has 0 bridgehead atoms. The highest BCUT2D eigenvalue weighted by molar-refractivity contribution is 7.89. The molecule has 1 aromatic heterocycles. The molecule has 8 nitrogen and oxygen atoms in total. The first kappa shape index (κ1) is 20.7. The van der Waals surface area contributed by atoms with E-state index in [1.165, 1.54) is 5.56 Å². The molecule has 9 heteroatoms. The number of likely N-dealkylation sites (tertiary alicyclic amines) is 1. The van der Waals surface area contributed by atoms with Gasteiger partial charge in [0.1, 0.15) is 0 Å². The van der Waals surface area contributed by atoms with E-state index in [0.717, 1.165) is 48.6 Å². The summed E-state index contributed by atoms with van der Waals surface area (Å²) >= 11 is 0. The van der Waals surface area contributed by atoms with Crippen LogP contribution in [0.4, 0.5) is 5.69 Å². The molecule has 3 aliphatic heterocycles. The summed E-state index contributed by atoms with van der Waals surface area (Å²) in [7, 11) is -1.31. The maximum atomic E-state index is 12.3. The second-order valence-corrected chi connectivity index (χ2v) is 12.0. The lowest BCUT2D eigenvalue weighted by atomic mass is 9.74. The molecule has 166 valence electrons. The van der Waals surface area contributed by atoms with Gasteiger partial charge < -0.3 is 4.90 Å². The maximum Gasteiger partial charge on any atom is 0.227 e. The van der Waals surface area contributed by atoms with Crippen molar-refractivity contribution in [2.24, 2.45) is 5.41 Å². The van der Waals surface area contributed by atoms with Crippen molar-refractivity contribution < 1.29 is 13.2 Å². The monoisotopic (exact) mass is 443 g/mol. The van der Waals surface area contributed by atoms with Crippen molar-refractivity contribution in [1.29, 1.82) is 0 Å². The summed E-state index contributed by atoms with van der Waals surface area (Å²) < 4.78 is 26.3. The van der Waals surface area contributed by atoms with Gasteiger partial charge in [-0.1, -0.05) is 18.2 Å². The van der Waals surface area contributed by atoms with Crippen LogP contribution in [0.2, 0.25) is 0 Å². The molecule has 0 radical (unpaired) electrons. The number of fused-ring (bicyclic) bond motifs is 1. The molecule has 1 aromatic carbocycles. The molecule has 1 spiro atoms. The number of H-pyrrole nitrogens is 1. The Hall–Kier alpha value is -2.23. The number of aryl methyl sites for hydroxylation is 1. The first-order chi connectivity index (χ1) is 14.7. The van der Waals surface area contributed by atoms with Gasteiger partial charge in [-0.25, -0.2) is 12.7 Å². The number of benzene rings is 1. The average molecular weight is 444 g/mol. The van der Waals surface area contributed by atoms with E-state index in [-0.39, 0.29) is 16.6 Å². The average Bonchev–Trinajstić information content (AvgIpc) is 3.12. The third kappa shape index (κ3) is 3.30. The SMILES string of the molecule is CC(C)S(=O)(=O)N1CC2(CN(Cc3c[nH]nc3-c3cccc4c3N(C)C(=O)CC4)C2)C1. The predicted octanol–water partition coefficient (Wildman–Crippen LogP) is 1.84. The van der Waals surface area contributed by atoms with Gasteiger partial charge in [0.25, 0.3) is 0 Å². The van der Waals surface area contributed by atoms with Crippen molar-refractivity contribution in [2.45, 2.75) is 38.5 Å². The molecular weight excluding hydrogens is 414 g/mol. The summed E-state index contributed by atoms with van der Waals surface area (Å²) in [6, 6.07) is 6.15. The number of hydrogen-bond donors (Lipinski definition) is 1. The van der Waals surface area contributed by atoms with E-state index in [1.54, 1.807) is 23.1 Å². The van der Waals surface area contributed by atoms with Crippen molar-refractivity contribution in [1.82, 2.24) is 19.4 Å². The molecule has 0 aliphatic carbocycles. The zero-order chi connectivity index (χ0) is 22.0. The maximum absolute atomic E-state index is 12.3. The standard InChI is InChI=1S/C22H29N5O3S/c1-15(2)31(29,30)27-13-22(14-27)11-26(12-22)10-17-9-23-24-20(17)18-6-4-5-16-7-8-19(28)25(3)21(16)18/h4-6,9,15H,7-8,10-14H2,1-3H3,(H,23,24). The summed E-state index contributed by atoms with van der Waals surface area (Å²) in [6.07, 6.45) is 3.23. The quantitative estimate of drug-likeness (QED) is 0.762. The van der Waals surface area contributed by atoms with Crippen LogP contribution in [0.1, 0.15) is 31.4 Å². The Morgan fingerprint density at radius 2 is 1.90 bits per heavy atom. The van der Waals surface area contributed by atoms with Gasteiger partial charge in [0.05, 0.1) is 16.6 Å². The fraction of sp³-hybridized carbons (Fsp3) is 0.545. The molecular formula is C22H29N5O3S. The lowest BCUT2D eigenvalue weighted by molar-refractivity contribution is -0.118. The number of nitrogens with one attached hydrogen (secondary N) is 1. The van der Waals surface area contributed by atoms with Crippen LogP contribution in [-0.2, 0) is 27.8 Å². The molecule has 1 amide bonds. The number of carbonyl (C=O) groups is 1. The summed E-state index contributed by atoms with van der Waals surface area (Å²) in [6.45, 7) is 7.27. The molecule has 0 atom stereocenters. The molecule has 0 unspecified atom stereocenters. The first-order valence-electron chi connectivity index (χ1n) is 10.8. The molecule has 3 aliphatic rings.